The first-order chi connectivity index (χ1) is 9.67. The number of nitrogens with zero attached hydrogens (tertiary/aromatic N) is 1. The molecule has 1 aromatic heterocycles. The summed E-state index contributed by atoms with van der Waals surface area (Å²) in [6.07, 6.45) is 4.26. The zero-order valence-corrected chi connectivity index (χ0v) is 11.2. The lowest BCUT2D eigenvalue weighted by atomic mass is 9.83. The van der Waals surface area contributed by atoms with Crippen LogP contribution in [0, 0.1) is 0 Å². The van der Waals surface area contributed by atoms with Gasteiger partial charge in [0.05, 0.1) is 25.1 Å². The van der Waals surface area contributed by atoms with Crippen molar-refractivity contribution in [2.75, 3.05) is 18.5 Å². The molecule has 6 heteroatoms. The molecule has 2 aliphatic rings. The number of hydrogen-bond acceptors (Lipinski definition) is 4. The van der Waals surface area contributed by atoms with Crippen molar-refractivity contribution < 1.29 is 19.4 Å². The lowest BCUT2D eigenvalue weighted by molar-refractivity contribution is -0.178. The van der Waals surface area contributed by atoms with Crippen LogP contribution in [0.4, 0.5) is 10.5 Å². The van der Waals surface area contributed by atoms with E-state index in [0.717, 1.165) is 31.4 Å². The second kappa shape index (κ2) is 5.38. The molecule has 1 aliphatic heterocycles. The van der Waals surface area contributed by atoms with Gasteiger partial charge in [-0.25, -0.2) is 4.79 Å². The van der Waals surface area contributed by atoms with Crippen molar-refractivity contribution in [3.63, 3.8) is 0 Å². The summed E-state index contributed by atoms with van der Waals surface area (Å²) < 4.78 is 11.4. The minimum atomic E-state index is -1.07. The van der Waals surface area contributed by atoms with Crippen molar-refractivity contribution in [3.8, 4) is 0 Å². The molecule has 1 aromatic rings. The molecular weight excluding hydrogens is 260 g/mol. The quantitative estimate of drug-likeness (QED) is 0.869. The fourth-order valence-electron chi connectivity index (χ4n) is 2.98. The Kier molecular flexibility index (Phi) is 3.58. The summed E-state index contributed by atoms with van der Waals surface area (Å²) in [7, 11) is 0. The first-order valence-corrected chi connectivity index (χ1v) is 6.91. The van der Waals surface area contributed by atoms with Gasteiger partial charge in [-0.2, -0.15) is 0 Å². The Bertz CT molecular complexity index is 472. The van der Waals surface area contributed by atoms with E-state index in [4.69, 9.17) is 14.6 Å². The van der Waals surface area contributed by atoms with Crippen molar-refractivity contribution >= 4 is 11.8 Å². The lowest BCUT2D eigenvalue weighted by Gasteiger charge is -2.35. The molecule has 6 nitrogen and oxygen atoms in total. The van der Waals surface area contributed by atoms with Gasteiger partial charge in [-0.3, -0.25) is 10.3 Å². The third kappa shape index (κ3) is 2.76. The van der Waals surface area contributed by atoms with E-state index in [1.54, 1.807) is 12.3 Å². The minimum absolute atomic E-state index is 0.346. The third-order valence-corrected chi connectivity index (χ3v) is 4.02. The van der Waals surface area contributed by atoms with Crippen LogP contribution in [0.15, 0.2) is 18.3 Å². The second-order valence-electron chi connectivity index (χ2n) is 5.28. The summed E-state index contributed by atoms with van der Waals surface area (Å²) in [5, 5.41) is 10.9. The number of anilines is 1. The number of hydrogen-bond donors (Lipinski definition) is 2. The molecule has 0 atom stereocenters. The van der Waals surface area contributed by atoms with Gasteiger partial charge in [0.2, 0.25) is 0 Å². The predicted molar refractivity (Wildman–Crippen MR) is 71.7 cm³/mol. The Labute approximate surface area is 117 Å². The minimum Gasteiger partial charge on any atom is -0.465 e. The molecular formula is C14H18N2O4. The summed E-state index contributed by atoms with van der Waals surface area (Å²) in [4.78, 5) is 14.9. The van der Waals surface area contributed by atoms with E-state index in [-0.39, 0.29) is 5.79 Å². The molecule has 1 saturated carbocycles. The van der Waals surface area contributed by atoms with E-state index in [2.05, 4.69) is 10.3 Å². The van der Waals surface area contributed by atoms with E-state index in [1.807, 2.05) is 6.07 Å². The Morgan fingerprint density at radius 3 is 2.55 bits per heavy atom. The summed E-state index contributed by atoms with van der Waals surface area (Å²) in [6, 6.07) is 3.65. The van der Waals surface area contributed by atoms with E-state index in [1.165, 1.54) is 0 Å². The average molecular weight is 278 g/mol. The van der Waals surface area contributed by atoms with E-state index >= 15 is 0 Å². The van der Waals surface area contributed by atoms with E-state index in [0.29, 0.717) is 24.8 Å². The first kappa shape index (κ1) is 13.3. The number of carbonyl (C=O) groups is 1. The summed E-state index contributed by atoms with van der Waals surface area (Å²) in [5.74, 6) is 0.0497. The largest absolute Gasteiger partial charge is 0.465 e. The molecule has 1 aliphatic carbocycles. The normalized spacial score (nSPS) is 22.0. The zero-order chi connectivity index (χ0) is 14.0. The smallest absolute Gasteiger partial charge is 0.409 e. The predicted octanol–water partition coefficient (Wildman–Crippen LogP) is 2.57. The Hall–Kier alpha value is -1.66. The number of amides is 1. The topological polar surface area (TPSA) is 80.7 Å². The SMILES string of the molecule is O=C(O)Nc1ccc(C2CCC3(CC2)OCCO3)nc1. The fraction of sp³-hybridized carbons (Fsp3) is 0.571. The number of carboxylic acid groups (broad SMARTS) is 1. The van der Waals surface area contributed by atoms with Gasteiger partial charge in [-0.05, 0) is 25.0 Å². The second-order valence-corrected chi connectivity index (χ2v) is 5.28. The molecule has 0 aromatic carbocycles. The maximum Gasteiger partial charge on any atom is 0.409 e. The number of pyridine rings is 1. The highest BCUT2D eigenvalue weighted by molar-refractivity contribution is 5.82. The number of nitrogens with one attached hydrogen (secondary N) is 1. The van der Waals surface area contributed by atoms with Crippen LogP contribution in [0.5, 0.6) is 0 Å². The third-order valence-electron chi connectivity index (χ3n) is 4.02. The van der Waals surface area contributed by atoms with Crippen molar-refractivity contribution in [2.45, 2.75) is 37.4 Å². The molecule has 0 unspecified atom stereocenters. The molecule has 20 heavy (non-hydrogen) atoms. The number of rotatable bonds is 2. The lowest BCUT2D eigenvalue weighted by Crippen LogP contribution is -2.34. The van der Waals surface area contributed by atoms with Gasteiger partial charge in [0.1, 0.15) is 0 Å². The highest BCUT2D eigenvalue weighted by atomic mass is 16.7. The fourth-order valence-corrected chi connectivity index (χ4v) is 2.98. The van der Waals surface area contributed by atoms with E-state index < -0.39 is 6.09 Å². The van der Waals surface area contributed by atoms with Crippen molar-refractivity contribution in [1.29, 1.82) is 0 Å². The van der Waals surface area contributed by atoms with Gasteiger partial charge in [0.25, 0.3) is 0 Å². The standard InChI is InChI=1S/C14H18N2O4/c17-13(18)16-11-1-2-12(15-9-11)10-3-5-14(6-4-10)19-7-8-20-14/h1-2,9-10,16H,3-8H2,(H,17,18). The van der Waals surface area contributed by atoms with Crippen LogP contribution in [0.1, 0.15) is 37.3 Å². The van der Waals surface area contributed by atoms with Crippen molar-refractivity contribution in [1.82, 2.24) is 4.98 Å². The monoisotopic (exact) mass is 278 g/mol. The summed E-state index contributed by atoms with van der Waals surface area (Å²) in [6.45, 7) is 1.39. The Morgan fingerprint density at radius 2 is 2.00 bits per heavy atom. The van der Waals surface area contributed by atoms with Gasteiger partial charge in [0, 0.05) is 24.5 Å². The van der Waals surface area contributed by atoms with Gasteiger partial charge in [-0.1, -0.05) is 0 Å². The molecule has 0 radical (unpaired) electrons. The maximum atomic E-state index is 10.5. The van der Waals surface area contributed by atoms with Gasteiger partial charge < -0.3 is 14.6 Å². The Morgan fingerprint density at radius 1 is 1.30 bits per heavy atom. The van der Waals surface area contributed by atoms with Gasteiger partial charge in [0.15, 0.2) is 5.79 Å². The van der Waals surface area contributed by atoms with Crippen LogP contribution in [-0.2, 0) is 9.47 Å². The van der Waals surface area contributed by atoms with Crippen LogP contribution in [0.2, 0.25) is 0 Å². The molecule has 1 spiro atoms. The van der Waals surface area contributed by atoms with Crippen LogP contribution < -0.4 is 5.32 Å². The van der Waals surface area contributed by atoms with Gasteiger partial charge in [-0.15, -0.1) is 0 Å². The Balaban J connectivity index is 1.61. The highest BCUT2D eigenvalue weighted by Gasteiger charge is 2.40. The zero-order valence-electron chi connectivity index (χ0n) is 11.2. The van der Waals surface area contributed by atoms with E-state index in [9.17, 15) is 4.79 Å². The average Bonchev–Trinajstić information content (AvgIpc) is 2.89. The molecule has 108 valence electrons. The number of aromatic nitrogens is 1. The van der Waals surface area contributed by atoms with Crippen molar-refractivity contribution in [2.24, 2.45) is 0 Å². The van der Waals surface area contributed by atoms with Crippen LogP contribution in [0.25, 0.3) is 0 Å². The molecule has 1 amide bonds. The van der Waals surface area contributed by atoms with Crippen molar-refractivity contribution in [3.05, 3.63) is 24.0 Å². The molecule has 3 rings (SSSR count). The van der Waals surface area contributed by atoms with Crippen LogP contribution in [-0.4, -0.2) is 35.2 Å². The molecule has 1 saturated heterocycles. The molecule has 0 bridgehead atoms. The van der Waals surface area contributed by atoms with Crippen LogP contribution >= 0.6 is 0 Å². The van der Waals surface area contributed by atoms with Crippen LogP contribution in [0.3, 0.4) is 0 Å². The maximum absolute atomic E-state index is 10.5. The summed E-state index contributed by atoms with van der Waals surface area (Å²) in [5.41, 5.74) is 1.50. The number of ether oxygens (including phenoxy) is 2. The first-order valence-electron chi connectivity index (χ1n) is 6.91. The molecule has 2 heterocycles. The van der Waals surface area contributed by atoms with Gasteiger partial charge >= 0.3 is 6.09 Å². The highest BCUT2D eigenvalue weighted by Crippen LogP contribution is 2.41. The summed E-state index contributed by atoms with van der Waals surface area (Å²) >= 11 is 0. The molecule has 2 N–H and O–H groups in total. The molecule has 2 fully saturated rings.